The highest BCUT2D eigenvalue weighted by Gasteiger charge is 2.56. The minimum atomic E-state index is -0.120. The van der Waals surface area contributed by atoms with E-state index in [1.165, 1.54) is 4.90 Å². The van der Waals surface area contributed by atoms with Gasteiger partial charge in [-0.2, -0.15) is 0 Å². The van der Waals surface area contributed by atoms with Crippen molar-refractivity contribution in [1.29, 1.82) is 0 Å². The number of nitrogens with zero attached hydrogens (tertiary/aromatic N) is 1. The summed E-state index contributed by atoms with van der Waals surface area (Å²) in [6.07, 6.45) is 6.40. The third-order valence-electron chi connectivity index (χ3n) is 5.12. The largest absolute Gasteiger partial charge is 0.274 e. The van der Waals surface area contributed by atoms with Crippen LogP contribution in [0.5, 0.6) is 0 Å². The second-order valence-electron chi connectivity index (χ2n) is 6.14. The molecule has 1 saturated heterocycles. The summed E-state index contributed by atoms with van der Waals surface area (Å²) in [5, 5.41) is 0. The second-order valence-corrected chi connectivity index (χ2v) is 6.14. The van der Waals surface area contributed by atoms with E-state index in [9.17, 15) is 9.59 Å². The molecule has 102 valence electrons. The molecule has 0 N–H and O–H groups in total. The molecule has 0 unspecified atom stereocenters. The number of fused-ring (bicyclic) bond motifs is 1. The van der Waals surface area contributed by atoms with Crippen LogP contribution in [0, 0.1) is 30.6 Å². The zero-order valence-corrected chi connectivity index (χ0v) is 11.5. The van der Waals surface area contributed by atoms with Crippen molar-refractivity contribution < 1.29 is 9.59 Å². The molecule has 2 fully saturated rings. The number of allylic oxidation sites excluding steroid dienone is 2. The van der Waals surface area contributed by atoms with E-state index in [4.69, 9.17) is 0 Å². The molecule has 5 rings (SSSR count). The molecule has 0 aromatic heterocycles. The number of carbonyl (C=O) groups excluding carboxylic acids is 2. The van der Waals surface area contributed by atoms with Crippen LogP contribution in [-0.2, 0) is 9.59 Å². The summed E-state index contributed by atoms with van der Waals surface area (Å²) in [6, 6.07) is 7.64. The zero-order valence-electron chi connectivity index (χ0n) is 11.5. The van der Waals surface area contributed by atoms with Gasteiger partial charge in [0, 0.05) is 0 Å². The number of aryl methyl sites for hydroxylation is 1. The van der Waals surface area contributed by atoms with Gasteiger partial charge in [-0.05, 0) is 43.2 Å². The molecule has 1 aliphatic heterocycles. The molecular formula is C17H17NO2. The lowest BCUT2D eigenvalue weighted by atomic mass is 9.63. The number of rotatable bonds is 1. The molecule has 3 heteroatoms. The fourth-order valence-electron chi connectivity index (χ4n) is 4.13. The molecule has 0 radical (unpaired) electrons. The molecule has 3 aliphatic carbocycles. The number of amides is 2. The Labute approximate surface area is 118 Å². The van der Waals surface area contributed by atoms with Gasteiger partial charge in [-0.3, -0.25) is 9.59 Å². The Morgan fingerprint density at radius 3 is 2.00 bits per heavy atom. The number of benzene rings is 1. The molecule has 1 heterocycles. The topological polar surface area (TPSA) is 37.4 Å². The summed E-state index contributed by atoms with van der Waals surface area (Å²) >= 11 is 0. The minimum Gasteiger partial charge on any atom is -0.274 e. The average Bonchev–Trinajstić information content (AvgIpc) is 2.75. The molecular weight excluding hydrogens is 250 g/mol. The highest BCUT2D eigenvalue weighted by atomic mass is 16.2. The first-order valence-corrected chi connectivity index (χ1v) is 7.30. The lowest BCUT2D eigenvalue weighted by molar-refractivity contribution is -0.124. The molecule has 0 spiro atoms. The lowest BCUT2D eigenvalue weighted by Gasteiger charge is -2.38. The first-order chi connectivity index (χ1) is 9.68. The van der Waals surface area contributed by atoms with Crippen molar-refractivity contribution in [2.75, 3.05) is 4.90 Å². The average molecular weight is 267 g/mol. The lowest BCUT2D eigenvalue weighted by Crippen LogP contribution is -2.38. The van der Waals surface area contributed by atoms with Crippen molar-refractivity contribution >= 4 is 17.5 Å². The van der Waals surface area contributed by atoms with E-state index >= 15 is 0 Å². The number of imide groups is 1. The highest BCUT2D eigenvalue weighted by molar-refractivity contribution is 6.22. The van der Waals surface area contributed by atoms with Gasteiger partial charge in [-0.25, -0.2) is 4.90 Å². The quantitative estimate of drug-likeness (QED) is 0.579. The minimum absolute atomic E-state index is 0.00773. The third-order valence-corrected chi connectivity index (χ3v) is 5.12. The SMILES string of the molecule is Cc1ccccc1N1C(=O)[C@@H]2[C@H](C1=O)[C@H]1C=C[C@H]2CC1. The second kappa shape index (κ2) is 4.05. The fourth-order valence-corrected chi connectivity index (χ4v) is 4.13. The van der Waals surface area contributed by atoms with Crippen LogP contribution in [0.25, 0.3) is 0 Å². The van der Waals surface area contributed by atoms with E-state index in [1.54, 1.807) is 0 Å². The molecule has 2 bridgehead atoms. The van der Waals surface area contributed by atoms with Crippen molar-refractivity contribution in [1.82, 2.24) is 0 Å². The van der Waals surface area contributed by atoms with Gasteiger partial charge in [-0.15, -0.1) is 0 Å². The maximum Gasteiger partial charge on any atom is 0.238 e. The Balaban J connectivity index is 1.80. The zero-order chi connectivity index (χ0) is 13.9. The Hall–Kier alpha value is -1.90. The van der Waals surface area contributed by atoms with E-state index in [0.717, 1.165) is 24.1 Å². The van der Waals surface area contributed by atoms with Crippen LogP contribution in [0.1, 0.15) is 18.4 Å². The maximum absolute atomic E-state index is 12.8. The maximum atomic E-state index is 12.8. The molecule has 4 atom stereocenters. The normalized spacial score (nSPS) is 34.8. The predicted molar refractivity (Wildman–Crippen MR) is 76.0 cm³/mol. The molecule has 1 saturated carbocycles. The number of anilines is 1. The van der Waals surface area contributed by atoms with Crippen LogP contribution in [-0.4, -0.2) is 11.8 Å². The summed E-state index contributed by atoms with van der Waals surface area (Å²) in [4.78, 5) is 27.0. The van der Waals surface area contributed by atoms with Gasteiger partial charge in [0.1, 0.15) is 0 Å². The van der Waals surface area contributed by atoms with Crippen LogP contribution in [0.2, 0.25) is 0 Å². The van der Waals surface area contributed by atoms with Gasteiger partial charge >= 0.3 is 0 Å². The van der Waals surface area contributed by atoms with Gasteiger partial charge in [0.2, 0.25) is 11.8 Å². The molecule has 2 amide bonds. The van der Waals surface area contributed by atoms with Gasteiger partial charge in [0.05, 0.1) is 17.5 Å². The van der Waals surface area contributed by atoms with Crippen LogP contribution in [0.4, 0.5) is 5.69 Å². The summed E-state index contributed by atoms with van der Waals surface area (Å²) in [5.41, 5.74) is 1.74. The van der Waals surface area contributed by atoms with Gasteiger partial charge < -0.3 is 0 Å². The van der Waals surface area contributed by atoms with Crippen LogP contribution < -0.4 is 4.90 Å². The number of carbonyl (C=O) groups is 2. The summed E-state index contributed by atoms with van der Waals surface area (Å²) in [7, 11) is 0. The predicted octanol–water partition coefficient (Wildman–Crippen LogP) is 2.70. The van der Waals surface area contributed by atoms with E-state index in [2.05, 4.69) is 12.2 Å². The van der Waals surface area contributed by atoms with Crippen LogP contribution in [0.3, 0.4) is 0 Å². The van der Waals surface area contributed by atoms with Crippen molar-refractivity contribution in [2.24, 2.45) is 23.7 Å². The Bertz CT molecular complexity index is 602. The Kier molecular flexibility index (Phi) is 2.40. The van der Waals surface area contributed by atoms with Crippen molar-refractivity contribution in [3.63, 3.8) is 0 Å². The van der Waals surface area contributed by atoms with Crippen LogP contribution >= 0.6 is 0 Å². The first kappa shape index (κ1) is 11.9. The monoisotopic (exact) mass is 267 g/mol. The fraction of sp³-hybridized carbons (Fsp3) is 0.412. The van der Waals surface area contributed by atoms with Gasteiger partial charge in [-0.1, -0.05) is 30.4 Å². The summed E-state index contributed by atoms with van der Waals surface area (Å²) in [5.74, 6) is 0.296. The molecule has 1 aromatic carbocycles. The molecule has 3 nitrogen and oxygen atoms in total. The van der Waals surface area contributed by atoms with Gasteiger partial charge in [0.15, 0.2) is 0 Å². The van der Waals surface area contributed by atoms with Crippen molar-refractivity contribution in [3.05, 3.63) is 42.0 Å². The Morgan fingerprint density at radius 1 is 0.950 bits per heavy atom. The van der Waals surface area contributed by atoms with E-state index in [1.807, 2.05) is 31.2 Å². The molecule has 4 aliphatic rings. The summed E-state index contributed by atoms with van der Waals surface area (Å²) in [6.45, 7) is 1.95. The Morgan fingerprint density at radius 2 is 1.50 bits per heavy atom. The molecule has 1 aromatic rings. The number of para-hydroxylation sites is 1. The highest BCUT2D eigenvalue weighted by Crippen LogP contribution is 2.50. The van der Waals surface area contributed by atoms with Gasteiger partial charge in [0.25, 0.3) is 0 Å². The standard InChI is InChI=1S/C17H17NO2/c1-10-4-2-3-5-13(10)18-16(19)14-11-6-7-12(9-8-11)15(14)17(18)20/h2-7,11-12,14-15H,8-9H2,1H3/t11-,12-,14-,15+/m0/s1. The van der Waals surface area contributed by atoms with E-state index in [-0.39, 0.29) is 35.5 Å². The van der Waals surface area contributed by atoms with E-state index < -0.39 is 0 Å². The number of hydrogen-bond donors (Lipinski definition) is 0. The summed E-state index contributed by atoms with van der Waals surface area (Å²) < 4.78 is 0. The van der Waals surface area contributed by atoms with Crippen LogP contribution in [0.15, 0.2) is 36.4 Å². The first-order valence-electron chi connectivity index (χ1n) is 7.30. The van der Waals surface area contributed by atoms with E-state index in [0.29, 0.717) is 0 Å². The van der Waals surface area contributed by atoms with Crippen molar-refractivity contribution in [3.8, 4) is 0 Å². The number of hydrogen-bond acceptors (Lipinski definition) is 2. The smallest absolute Gasteiger partial charge is 0.238 e. The van der Waals surface area contributed by atoms with Crippen molar-refractivity contribution in [2.45, 2.75) is 19.8 Å². The molecule has 20 heavy (non-hydrogen) atoms. The third kappa shape index (κ3) is 1.41.